The predicted octanol–water partition coefficient (Wildman–Crippen LogP) is 4.14. The average molecular weight is 367 g/mol. The van der Waals surface area contributed by atoms with Gasteiger partial charge in [0, 0.05) is 6.42 Å². The van der Waals surface area contributed by atoms with E-state index in [0.29, 0.717) is 23.4 Å². The first-order chi connectivity index (χ1) is 13.7. The van der Waals surface area contributed by atoms with Gasteiger partial charge in [-0.15, -0.1) is 0 Å². The first-order valence-corrected chi connectivity index (χ1v) is 9.18. The zero-order valence-corrected chi connectivity index (χ0v) is 15.0. The zero-order chi connectivity index (χ0) is 19.1. The summed E-state index contributed by atoms with van der Waals surface area (Å²) in [6, 6.07) is 24.0. The molecule has 0 bridgehead atoms. The van der Waals surface area contributed by atoms with Crippen LogP contribution in [0.4, 0.5) is 0 Å². The Hall–Kier alpha value is -3.73. The largest absolute Gasteiger partial charge is 0.340 e. The Morgan fingerprint density at radius 3 is 2.07 bits per heavy atom. The zero-order valence-electron chi connectivity index (χ0n) is 15.0. The van der Waals surface area contributed by atoms with Crippen LogP contribution in [0.1, 0.15) is 38.1 Å². The van der Waals surface area contributed by atoms with Crippen LogP contribution in [0.25, 0.3) is 11.0 Å². The number of carbonyl (C=O) groups is 2. The van der Waals surface area contributed by atoms with Gasteiger partial charge in [0.2, 0.25) is 0 Å². The van der Waals surface area contributed by atoms with Gasteiger partial charge in [-0.2, -0.15) is 0 Å². The molecule has 5 rings (SSSR count). The number of nitrogens with zero attached hydrogens (tertiary/aromatic N) is 2. The Kier molecular flexibility index (Phi) is 3.79. The number of fused-ring (bicyclic) bond motifs is 2. The fraction of sp³-hybridized carbons (Fsp3) is 0.0870. The molecule has 136 valence electrons. The van der Waals surface area contributed by atoms with Gasteiger partial charge < -0.3 is 4.98 Å². The van der Waals surface area contributed by atoms with Crippen LogP contribution < -0.4 is 0 Å². The maximum atomic E-state index is 13.1. The second-order valence-corrected chi connectivity index (χ2v) is 6.87. The summed E-state index contributed by atoms with van der Waals surface area (Å²) in [7, 11) is 0. The van der Waals surface area contributed by atoms with E-state index < -0.39 is 6.04 Å². The summed E-state index contributed by atoms with van der Waals surface area (Å²) in [5.74, 6) is 0.0588. The van der Waals surface area contributed by atoms with E-state index in [1.54, 1.807) is 24.3 Å². The number of aromatic nitrogens is 2. The quantitative estimate of drug-likeness (QED) is 0.551. The highest BCUT2D eigenvalue weighted by atomic mass is 16.2. The summed E-state index contributed by atoms with van der Waals surface area (Å²) in [6.45, 7) is 0. The Morgan fingerprint density at radius 1 is 0.786 bits per heavy atom. The molecule has 2 heterocycles. The Bertz CT molecular complexity index is 1130. The fourth-order valence-electron chi connectivity index (χ4n) is 3.77. The van der Waals surface area contributed by atoms with E-state index in [9.17, 15) is 9.59 Å². The predicted molar refractivity (Wildman–Crippen MR) is 106 cm³/mol. The molecule has 5 nitrogen and oxygen atoms in total. The lowest BCUT2D eigenvalue weighted by molar-refractivity contribution is 0.0575. The molecule has 0 radical (unpaired) electrons. The molecule has 0 spiro atoms. The van der Waals surface area contributed by atoms with Crippen LogP contribution in [0, 0.1) is 0 Å². The van der Waals surface area contributed by atoms with Crippen molar-refractivity contribution < 1.29 is 9.59 Å². The lowest BCUT2D eigenvalue weighted by atomic mass is 10.0. The topological polar surface area (TPSA) is 66.1 Å². The normalized spacial score (nSPS) is 14.5. The maximum Gasteiger partial charge on any atom is 0.262 e. The molecule has 0 aliphatic carbocycles. The number of imide groups is 1. The minimum Gasteiger partial charge on any atom is -0.340 e. The second kappa shape index (κ2) is 6.46. The van der Waals surface area contributed by atoms with Gasteiger partial charge in [0.05, 0.1) is 22.2 Å². The highest BCUT2D eigenvalue weighted by molar-refractivity contribution is 6.21. The van der Waals surface area contributed by atoms with E-state index in [2.05, 4.69) is 9.97 Å². The number of hydrogen-bond donors (Lipinski definition) is 1. The minimum atomic E-state index is -0.512. The number of carbonyl (C=O) groups excluding carboxylic acids is 2. The number of amides is 2. The monoisotopic (exact) mass is 367 g/mol. The van der Waals surface area contributed by atoms with E-state index in [1.165, 1.54) is 4.90 Å². The molecule has 3 aromatic carbocycles. The number of nitrogens with one attached hydrogen (secondary N) is 1. The summed E-state index contributed by atoms with van der Waals surface area (Å²) in [4.78, 5) is 35.5. The molecule has 28 heavy (non-hydrogen) atoms. The highest BCUT2D eigenvalue weighted by Crippen LogP contribution is 2.33. The van der Waals surface area contributed by atoms with Crippen molar-refractivity contribution in [1.29, 1.82) is 0 Å². The Labute approximate surface area is 161 Å². The van der Waals surface area contributed by atoms with Crippen molar-refractivity contribution in [3.8, 4) is 0 Å². The lowest BCUT2D eigenvalue weighted by Gasteiger charge is -2.24. The summed E-state index contributed by atoms with van der Waals surface area (Å²) in [5, 5.41) is 0. The van der Waals surface area contributed by atoms with Crippen molar-refractivity contribution in [2.24, 2.45) is 0 Å². The van der Waals surface area contributed by atoms with Gasteiger partial charge in [0.25, 0.3) is 11.8 Å². The van der Waals surface area contributed by atoms with Gasteiger partial charge in [0.1, 0.15) is 11.9 Å². The van der Waals surface area contributed by atoms with Gasteiger partial charge in [-0.25, -0.2) is 4.98 Å². The van der Waals surface area contributed by atoms with Crippen LogP contribution in [0.5, 0.6) is 0 Å². The number of aromatic amines is 1. The Morgan fingerprint density at radius 2 is 1.39 bits per heavy atom. The molecule has 4 aromatic rings. The van der Waals surface area contributed by atoms with Gasteiger partial charge >= 0.3 is 0 Å². The van der Waals surface area contributed by atoms with Gasteiger partial charge in [0.15, 0.2) is 0 Å². The molecule has 0 saturated carbocycles. The summed E-state index contributed by atoms with van der Waals surface area (Å²) in [6.07, 6.45) is 0.492. The maximum absolute atomic E-state index is 13.1. The van der Waals surface area contributed by atoms with Crippen molar-refractivity contribution >= 4 is 22.8 Å². The molecule has 1 aliphatic heterocycles. The second-order valence-electron chi connectivity index (χ2n) is 6.87. The minimum absolute atomic E-state index is 0.276. The van der Waals surface area contributed by atoms with Crippen LogP contribution in [0.15, 0.2) is 78.9 Å². The smallest absolute Gasteiger partial charge is 0.262 e. The molecule has 0 unspecified atom stereocenters. The molecular weight excluding hydrogens is 350 g/mol. The number of rotatable bonds is 4. The number of benzene rings is 3. The van der Waals surface area contributed by atoms with Crippen LogP contribution in [-0.4, -0.2) is 26.7 Å². The van der Waals surface area contributed by atoms with E-state index in [0.717, 1.165) is 16.6 Å². The number of para-hydroxylation sites is 2. The third-order valence-corrected chi connectivity index (χ3v) is 5.13. The summed E-state index contributed by atoms with van der Waals surface area (Å²) < 4.78 is 0. The van der Waals surface area contributed by atoms with Crippen LogP contribution in [0.2, 0.25) is 0 Å². The van der Waals surface area contributed by atoms with Crippen molar-refractivity contribution in [3.05, 3.63) is 101 Å². The van der Waals surface area contributed by atoms with Crippen LogP contribution >= 0.6 is 0 Å². The van der Waals surface area contributed by atoms with Crippen LogP contribution in [-0.2, 0) is 6.42 Å². The third kappa shape index (κ3) is 2.60. The number of H-pyrrole nitrogens is 1. The van der Waals surface area contributed by atoms with Gasteiger partial charge in [-0.05, 0) is 29.8 Å². The molecular formula is C23H17N3O2. The molecule has 1 aromatic heterocycles. The summed E-state index contributed by atoms with van der Waals surface area (Å²) in [5.41, 5.74) is 3.62. The first kappa shape index (κ1) is 16.4. The van der Waals surface area contributed by atoms with Gasteiger partial charge in [-0.1, -0.05) is 54.6 Å². The molecule has 1 N–H and O–H groups in total. The van der Waals surface area contributed by atoms with Gasteiger partial charge in [-0.3, -0.25) is 14.5 Å². The van der Waals surface area contributed by atoms with Crippen molar-refractivity contribution in [3.63, 3.8) is 0 Å². The molecule has 0 saturated heterocycles. The SMILES string of the molecule is O=C1c2ccccc2C(=O)N1[C@H](Cc1ccccc1)c1nc2ccccc2[nH]1. The van der Waals surface area contributed by atoms with E-state index in [-0.39, 0.29) is 11.8 Å². The van der Waals surface area contributed by atoms with Crippen molar-refractivity contribution in [2.45, 2.75) is 12.5 Å². The van der Waals surface area contributed by atoms with E-state index >= 15 is 0 Å². The molecule has 1 aliphatic rings. The molecule has 5 heteroatoms. The fourth-order valence-corrected chi connectivity index (χ4v) is 3.77. The molecule has 2 amide bonds. The number of hydrogen-bond acceptors (Lipinski definition) is 3. The lowest BCUT2D eigenvalue weighted by Crippen LogP contribution is -2.36. The van der Waals surface area contributed by atoms with Crippen molar-refractivity contribution in [2.75, 3.05) is 0 Å². The highest BCUT2D eigenvalue weighted by Gasteiger charge is 2.41. The first-order valence-electron chi connectivity index (χ1n) is 9.18. The molecule has 1 atom stereocenters. The average Bonchev–Trinajstić information content (AvgIpc) is 3.27. The van der Waals surface area contributed by atoms with Crippen LogP contribution in [0.3, 0.4) is 0 Å². The van der Waals surface area contributed by atoms with Crippen molar-refractivity contribution in [1.82, 2.24) is 14.9 Å². The van der Waals surface area contributed by atoms with E-state index in [4.69, 9.17) is 0 Å². The molecule has 0 fully saturated rings. The number of imidazole rings is 1. The third-order valence-electron chi connectivity index (χ3n) is 5.13. The van der Waals surface area contributed by atoms with E-state index in [1.807, 2.05) is 54.6 Å². The standard InChI is InChI=1S/C23H17N3O2/c27-22-16-10-4-5-11-17(16)23(28)26(22)20(14-15-8-2-1-3-9-15)21-24-18-12-6-7-13-19(18)25-21/h1-13,20H,14H2,(H,24,25)/t20-/m1/s1. The summed E-state index contributed by atoms with van der Waals surface area (Å²) >= 11 is 0. The Balaban J connectivity index is 1.62.